The number of nitrogens with zero attached hydrogens (tertiary/aromatic N) is 2. The van der Waals surface area contributed by atoms with Crippen LogP contribution >= 0.6 is 0 Å². The summed E-state index contributed by atoms with van der Waals surface area (Å²) in [7, 11) is 0. The second-order valence-electron chi connectivity index (χ2n) is 8.10. The third kappa shape index (κ3) is 9.15. The molecule has 170 valence electrons. The van der Waals surface area contributed by atoms with E-state index in [0.717, 1.165) is 89.7 Å². The van der Waals surface area contributed by atoms with Crippen molar-refractivity contribution in [2.24, 2.45) is 4.99 Å². The highest BCUT2D eigenvalue weighted by Crippen LogP contribution is 2.16. The molecule has 1 fully saturated rings. The summed E-state index contributed by atoms with van der Waals surface area (Å²) in [6.45, 7) is 8.71. The van der Waals surface area contributed by atoms with Crippen LogP contribution in [0.15, 0.2) is 58.1 Å². The molecule has 31 heavy (non-hydrogen) atoms. The Morgan fingerprint density at radius 1 is 1.10 bits per heavy atom. The topological polar surface area (TPSA) is 62.0 Å². The molecule has 0 unspecified atom stereocenters. The van der Waals surface area contributed by atoms with Gasteiger partial charge in [-0.05, 0) is 43.4 Å². The van der Waals surface area contributed by atoms with Gasteiger partial charge < -0.3 is 19.8 Å². The van der Waals surface area contributed by atoms with E-state index in [4.69, 9.17) is 9.15 Å². The molecule has 1 aliphatic rings. The van der Waals surface area contributed by atoms with E-state index in [9.17, 15) is 0 Å². The van der Waals surface area contributed by atoms with E-state index in [1.165, 1.54) is 5.56 Å². The zero-order chi connectivity index (χ0) is 21.6. The van der Waals surface area contributed by atoms with Crippen molar-refractivity contribution < 1.29 is 9.15 Å². The fourth-order valence-corrected chi connectivity index (χ4v) is 3.76. The van der Waals surface area contributed by atoms with E-state index in [1.54, 1.807) is 6.26 Å². The van der Waals surface area contributed by atoms with Gasteiger partial charge in [-0.25, -0.2) is 0 Å². The van der Waals surface area contributed by atoms with Gasteiger partial charge in [-0.3, -0.25) is 9.89 Å². The number of aliphatic imine (C=N–C) groups is 1. The maximum atomic E-state index is 6.14. The molecule has 3 rings (SSSR count). The molecule has 0 spiro atoms. The molecule has 0 aliphatic carbocycles. The molecule has 0 atom stereocenters. The molecular formula is C25H38N4O2. The number of ether oxygens (including phenoxy) is 1. The number of hydrogen-bond acceptors (Lipinski definition) is 4. The average molecular weight is 427 g/mol. The number of piperidine rings is 1. The van der Waals surface area contributed by atoms with Gasteiger partial charge in [-0.2, -0.15) is 0 Å². The summed E-state index contributed by atoms with van der Waals surface area (Å²) in [5.41, 5.74) is 1.39. The van der Waals surface area contributed by atoms with Crippen LogP contribution in [-0.2, 0) is 17.7 Å². The van der Waals surface area contributed by atoms with Gasteiger partial charge in [0, 0.05) is 52.3 Å². The Morgan fingerprint density at radius 3 is 2.65 bits per heavy atom. The highest BCUT2D eigenvalue weighted by Gasteiger charge is 2.19. The number of rotatable bonds is 12. The molecule has 2 aromatic rings. The quantitative estimate of drug-likeness (QED) is 0.307. The maximum Gasteiger partial charge on any atom is 0.191 e. The SMILES string of the molecule is CCCN=C(NCCCOC1CCN(Cc2ccccc2)CC1)NCCc1ccco1. The van der Waals surface area contributed by atoms with Crippen LogP contribution < -0.4 is 10.6 Å². The molecule has 1 aromatic carbocycles. The van der Waals surface area contributed by atoms with Crippen molar-refractivity contribution in [3.8, 4) is 0 Å². The van der Waals surface area contributed by atoms with Crippen LogP contribution in [0.5, 0.6) is 0 Å². The zero-order valence-electron chi connectivity index (χ0n) is 18.9. The Hall–Kier alpha value is -2.31. The number of guanidine groups is 1. The van der Waals surface area contributed by atoms with Crippen LogP contribution in [0.25, 0.3) is 0 Å². The Morgan fingerprint density at radius 2 is 1.90 bits per heavy atom. The summed E-state index contributed by atoms with van der Waals surface area (Å²) in [5, 5.41) is 6.82. The van der Waals surface area contributed by atoms with Gasteiger partial charge >= 0.3 is 0 Å². The lowest BCUT2D eigenvalue weighted by Crippen LogP contribution is -2.39. The van der Waals surface area contributed by atoms with Crippen molar-refractivity contribution in [1.29, 1.82) is 0 Å². The summed E-state index contributed by atoms with van der Waals surface area (Å²) < 4.78 is 11.5. The Kier molecular flexibility index (Phi) is 10.5. The molecule has 2 N–H and O–H groups in total. The fraction of sp³-hybridized carbons (Fsp3) is 0.560. The molecule has 2 heterocycles. The van der Waals surface area contributed by atoms with E-state index in [2.05, 4.69) is 57.8 Å². The molecule has 1 saturated heterocycles. The first-order valence-electron chi connectivity index (χ1n) is 11.8. The van der Waals surface area contributed by atoms with Gasteiger partial charge in [0.05, 0.1) is 12.4 Å². The van der Waals surface area contributed by atoms with Gasteiger partial charge in [-0.15, -0.1) is 0 Å². The van der Waals surface area contributed by atoms with Crippen molar-refractivity contribution in [3.63, 3.8) is 0 Å². The van der Waals surface area contributed by atoms with Gasteiger partial charge in [0.15, 0.2) is 5.96 Å². The zero-order valence-corrected chi connectivity index (χ0v) is 18.9. The maximum absolute atomic E-state index is 6.14. The number of nitrogens with one attached hydrogen (secondary N) is 2. The molecule has 1 aliphatic heterocycles. The monoisotopic (exact) mass is 426 g/mol. The first-order valence-corrected chi connectivity index (χ1v) is 11.8. The predicted molar refractivity (Wildman–Crippen MR) is 126 cm³/mol. The summed E-state index contributed by atoms with van der Waals surface area (Å²) in [6.07, 6.45) is 7.23. The minimum atomic E-state index is 0.395. The van der Waals surface area contributed by atoms with Crippen molar-refractivity contribution >= 4 is 5.96 Å². The van der Waals surface area contributed by atoms with E-state index < -0.39 is 0 Å². The lowest BCUT2D eigenvalue weighted by molar-refractivity contribution is 0.00534. The van der Waals surface area contributed by atoms with Gasteiger partial charge in [-0.1, -0.05) is 37.3 Å². The third-order valence-corrected chi connectivity index (χ3v) is 5.49. The lowest BCUT2D eigenvalue weighted by atomic mass is 10.1. The predicted octanol–water partition coefficient (Wildman–Crippen LogP) is 3.84. The smallest absolute Gasteiger partial charge is 0.191 e. The average Bonchev–Trinajstić information content (AvgIpc) is 3.32. The largest absolute Gasteiger partial charge is 0.469 e. The van der Waals surface area contributed by atoms with Gasteiger partial charge in [0.25, 0.3) is 0 Å². The van der Waals surface area contributed by atoms with Crippen LogP contribution in [0, 0.1) is 0 Å². The molecule has 6 heteroatoms. The van der Waals surface area contributed by atoms with Crippen LogP contribution in [0.1, 0.15) is 43.9 Å². The second-order valence-corrected chi connectivity index (χ2v) is 8.10. The third-order valence-electron chi connectivity index (χ3n) is 5.49. The normalized spacial score (nSPS) is 15.8. The van der Waals surface area contributed by atoms with E-state index in [-0.39, 0.29) is 0 Å². The van der Waals surface area contributed by atoms with Gasteiger partial charge in [0.1, 0.15) is 5.76 Å². The lowest BCUT2D eigenvalue weighted by Gasteiger charge is -2.32. The second kappa shape index (κ2) is 13.9. The van der Waals surface area contributed by atoms with Crippen LogP contribution in [0.3, 0.4) is 0 Å². The highest BCUT2D eigenvalue weighted by atomic mass is 16.5. The highest BCUT2D eigenvalue weighted by molar-refractivity contribution is 5.79. The number of likely N-dealkylation sites (tertiary alicyclic amines) is 1. The van der Waals surface area contributed by atoms with Crippen molar-refractivity contribution in [2.45, 2.75) is 51.7 Å². The summed E-state index contributed by atoms with van der Waals surface area (Å²) in [4.78, 5) is 7.14. The summed E-state index contributed by atoms with van der Waals surface area (Å²) in [5.74, 6) is 1.87. The standard InChI is InChI=1S/C25H38N4O2/c1-2-14-26-25(28-16-11-23-10-6-19-30-23)27-15-7-20-31-24-12-17-29(18-13-24)21-22-8-4-3-5-9-22/h3-6,8-10,19,24H,2,7,11-18,20-21H2,1H3,(H2,26,27,28). The first kappa shape index (κ1) is 23.4. The number of hydrogen-bond donors (Lipinski definition) is 2. The fourth-order valence-electron chi connectivity index (χ4n) is 3.76. The molecule has 0 saturated carbocycles. The first-order chi connectivity index (χ1) is 15.3. The number of furan rings is 1. The minimum absolute atomic E-state index is 0.395. The van der Waals surface area contributed by atoms with Crippen LogP contribution in [0.2, 0.25) is 0 Å². The number of benzene rings is 1. The minimum Gasteiger partial charge on any atom is -0.469 e. The summed E-state index contributed by atoms with van der Waals surface area (Å²) >= 11 is 0. The van der Waals surface area contributed by atoms with E-state index in [1.807, 2.05) is 12.1 Å². The molecule has 0 amide bonds. The Bertz CT molecular complexity index is 725. The molecule has 0 bridgehead atoms. The molecule has 0 radical (unpaired) electrons. The molecule has 1 aromatic heterocycles. The van der Waals surface area contributed by atoms with Crippen molar-refractivity contribution in [1.82, 2.24) is 15.5 Å². The van der Waals surface area contributed by atoms with Crippen molar-refractivity contribution in [2.75, 3.05) is 39.3 Å². The van der Waals surface area contributed by atoms with Gasteiger partial charge in [0.2, 0.25) is 0 Å². The van der Waals surface area contributed by atoms with Crippen LogP contribution in [0.4, 0.5) is 0 Å². The van der Waals surface area contributed by atoms with Crippen LogP contribution in [-0.4, -0.2) is 56.3 Å². The summed E-state index contributed by atoms with van der Waals surface area (Å²) in [6, 6.07) is 14.7. The van der Waals surface area contributed by atoms with E-state index in [0.29, 0.717) is 6.10 Å². The molecular weight excluding hydrogens is 388 g/mol. The Balaban J connectivity index is 1.25. The Labute approximate surface area is 187 Å². The van der Waals surface area contributed by atoms with E-state index >= 15 is 0 Å². The van der Waals surface area contributed by atoms with Crippen molar-refractivity contribution in [3.05, 3.63) is 60.1 Å². The molecule has 6 nitrogen and oxygen atoms in total.